The van der Waals surface area contributed by atoms with E-state index < -0.39 is 0 Å². The average Bonchev–Trinajstić information content (AvgIpc) is 3.23. The van der Waals surface area contributed by atoms with E-state index in [1.54, 1.807) is 30.3 Å². The van der Waals surface area contributed by atoms with E-state index in [2.05, 4.69) is 5.16 Å². The maximum atomic E-state index is 10.0. The van der Waals surface area contributed by atoms with Crippen LogP contribution in [0.4, 0.5) is 0 Å². The maximum absolute atomic E-state index is 10.0. The van der Waals surface area contributed by atoms with Crippen LogP contribution in [0.15, 0.2) is 34.9 Å². The van der Waals surface area contributed by atoms with Crippen molar-refractivity contribution in [3.63, 3.8) is 0 Å². The summed E-state index contributed by atoms with van der Waals surface area (Å²) in [6, 6.07) is 8.24. The van der Waals surface area contributed by atoms with E-state index in [-0.39, 0.29) is 37.1 Å². The Morgan fingerprint density at radius 1 is 0.821 bits per heavy atom. The summed E-state index contributed by atoms with van der Waals surface area (Å²) in [5.41, 5.74) is 3.17. The third kappa shape index (κ3) is 3.53. The molecule has 0 spiro atoms. The summed E-state index contributed by atoms with van der Waals surface area (Å²) in [7, 11) is 2.87. The highest BCUT2D eigenvalue weighted by Crippen LogP contribution is 2.40. The van der Waals surface area contributed by atoms with Gasteiger partial charge in [0.25, 0.3) is 0 Å². The molecule has 28 heavy (non-hydrogen) atoms. The second-order valence-electron chi connectivity index (χ2n) is 6.05. The predicted octanol–water partition coefficient (Wildman–Crippen LogP) is 2.21. The van der Waals surface area contributed by atoms with E-state index >= 15 is 0 Å². The van der Waals surface area contributed by atoms with Crippen LogP contribution in [0.1, 0.15) is 16.7 Å². The van der Waals surface area contributed by atoms with Crippen LogP contribution in [-0.2, 0) is 19.8 Å². The standard InChI is InChI=1S/C20H21NO7/c1-26-18-5-11(6-19(27-2)20(18)25)16-7-17(28-21-16)12-3-13(8-22)15(10-24)14(4-12)9-23/h3-7,22-25H,8-10H2,1-2H3. The summed E-state index contributed by atoms with van der Waals surface area (Å²) in [4.78, 5) is 0. The van der Waals surface area contributed by atoms with E-state index in [1.807, 2.05) is 0 Å². The highest BCUT2D eigenvalue weighted by molar-refractivity contribution is 5.72. The quantitative estimate of drug-likeness (QED) is 0.486. The van der Waals surface area contributed by atoms with Gasteiger partial charge in [-0.3, -0.25) is 0 Å². The molecular weight excluding hydrogens is 366 g/mol. The molecule has 4 N–H and O–H groups in total. The molecule has 0 aliphatic heterocycles. The van der Waals surface area contributed by atoms with Crippen molar-refractivity contribution in [1.29, 1.82) is 0 Å². The van der Waals surface area contributed by atoms with Crippen molar-refractivity contribution >= 4 is 0 Å². The zero-order valence-electron chi connectivity index (χ0n) is 15.5. The van der Waals surface area contributed by atoms with Gasteiger partial charge in [0.1, 0.15) is 5.69 Å². The molecule has 0 saturated heterocycles. The molecule has 0 bridgehead atoms. The zero-order chi connectivity index (χ0) is 20.3. The minimum absolute atomic E-state index is 0.114. The largest absolute Gasteiger partial charge is 0.502 e. The van der Waals surface area contributed by atoms with Crippen molar-refractivity contribution in [3.05, 3.63) is 47.0 Å². The smallest absolute Gasteiger partial charge is 0.200 e. The van der Waals surface area contributed by atoms with E-state index in [1.165, 1.54) is 14.2 Å². The summed E-state index contributed by atoms with van der Waals surface area (Å²) in [5, 5.41) is 42.7. The lowest BCUT2D eigenvalue weighted by Gasteiger charge is -2.12. The van der Waals surface area contributed by atoms with Gasteiger partial charge in [-0.05, 0) is 41.0 Å². The lowest BCUT2D eigenvalue weighted by Crippen LogP contribution is -2.01. The highest BCUT2D eigenvalue weighted by Gasteiger charge is 2.17. The number of aliphatic hydroxyl groups excluding tert-OH is 3. The third-order valence-corrected chi connectivity index (χ3v) is 4.50. The van der Waals surface area contributed by atoms with Gasteiger partial charge in [0.2, 0.25) is 5.75 Å². The van der Waals surface area contributed by atoms with Crippen LogP contribution in [0.25, 0.3) is 22.6 Å². The Kier molecular flexibility index (Phi) is 5.84. The molecule has 0 fully saturated rings. The van der Waals surface area contributed by atoms with Crippen LogP contribution in [-0.4, -0.2) is 39.8 Å². The number of rotatable bonds is 7. The Morgan fingerprint density at radius 2 is 1.39 bits per heavy atom. The minimum atomic E-state index is -0.291. The fourth-order valence-electron chi connectivity index (χ4n) is 3.01. The minimum Gasteiger partial charge on any atom is -0.502 e. The fourth-order valence-corrected chi connectivity index (χ4v) is 3.01. The van der Waals surface area contributed by atoms with E-state index in [0.29, 0.717) is 39.3 Å². The van der Waals surface area contributed by atoms with Crippen LogP contribution < -0.4 is 9.47 Å². The molecule has 1 aromatic heterocycles. The Balaban J connectivity index is 2.06. The number of hydrogen-bond donors (Lipinski definition) is 4. The third-order valence-electron chi connectivity index (χ3n) is 4.50. The van der Waals surface area contributed by atoms with Gasteiger partial charge in [-0.2, -0.15) is 0 Å². The average molecular weight is 387 g/mol. The molecule has 8 nitrogen and oxygen atoms in total. The Hall–Kier alpha value is -3.07. The molecule has 0 aliphatic rings. The van der Waals surface area contributed by atoms with Gasteiger partial charge in [-0.1, -0.05) is 5.16 Å². The molecule has 0 atom stereocenters. The van der Waals surface area contributed by atoms with Crippen molar-refractivity contribution in [2.24, 2.45) is 0 Å². The van der Waals surface area contributed by atoms with E-state index in [9.17, 15) is 20.4 Å². The first-order valence-corrected chi connectivity index (χ1v) is 8.45. The summed E-state index contributed by atoms with van der Waals surface area (Å²) < 4.78 is 15.8. The summed E-state index contributed by atoms with van der Waals surface area (Å²) in [6.07, 6.45) is 0. The van der Waals surface area contributed by atoms with Crippen molar-refractivity contribution in [1.82, 2.24) is 5.16 Å². The number of aromatic nitrogens is 1. The number of phenolic OH excluding ortho intramolecular Hbond substituents is 1. The number of ether oxygens (including phenoxy) is 2. The summed E-state index contributed by atoms with van der Waals surface area (Å²) in [6.45, 7) is -0.866. The first kappa shape index (κ1) is 19.7. The monoisotopic (exact) mass is 387 g/mol. The molecule has 8 heteroatoms. The second-order valence-corrected chi connectivity index (χ2v) is 6.05. The van der Waals surface area contributed by atoms with Crippen molar-refractivity contribution in [2.45, 2.75) is 19.8 Å². The molecule has 0 unspecified atom stereocenters. The molecule has 0 radical (unpaired) electrons. The van der Waals surface area contributed by atoms with Crippen LogP contribution >= 0.6 is 0 Å². The van der Waals surface area contributed by atoms with E-state index in [0.717, 1.165) is 0 Å². The van der Waals surface area contributed by atoms with Gasteiger partial charge in [-0.15, -0.1) is 0 Å². The van der Waals surface area contributed by atoms with Gasteiger partial charge in [-0.25, -0.2) is 0 Å². The number of phenols is 1. The highest BCUT2D eigenvalue weighted by atomic mass is 16.5. The molecule has 3 rings (SSSR count). The van der Waals surface area contributed by atoms with Crippen molar-refractivity contribution in [2.75, 3.05) is 14.2 Å². The first-order valence-electron chi connectivity index (χ1n) is 8.45. The van der Waals surface area contributed by atoms with Gasteiger partial charge in [0.05, 0.1) is 34.0 Å². The number of methoxy groups -OCH3 is 2. The van der Waals surface area contributed by atoms with Crippen LogP contribution in [0, 0.1) is 0 Å². The number of aromatic hydroxyl groups is 1. The number of nitrogens with zero attached hydrogens (tertiary/aromatic N) is 1. The first-order chi connectivity index (χ1) is 13.6. The van der Waals surface area contributed by atoms with Gasteiger partial charge in [0, 0.05) is 17.2 Å². The molecule has 2 aromatic carbocycles. The Morgan fingerprint density at radius 3 is 1.86 bits per heavy atom. The number of hydrogen-bond acceptors (Lipinski definition) is 8. The topological polar surface area (TPSA) is 125 Å². The van der Waals surface area contributed by atoms with Crippen LogP contribution in [0.3, 0.4) is 0 Å². The Labute approximate surface area is 161 Å². The van der Waals surface area contributed by atoms with Gasteiger partial charge < -0.3 is 34.4 Å². The lowest BCUT2D eigenvalue weighted by molar-refractivity contribution is 0.247. The molecule has 3 aromatic rings. The normalized spacial score (nSPS) is 10.9. The van der Waals surface area contributed by atoms with Gasteiger partial charge in [0.15, 0.2) is 17.3 Å². The zero-order valence-corrected chi connectivity index (χ0v) is 15.5. The van der Waals surface area contributed by atoms with Crippen LogP contribution in [0.2, 0.25) is 0 Å². The Bertz CT molecular complexity index is 930. The van der Waals surface area contributed by atoms with Crippen LogP contribution in [0.5, 0.6) is 17.2 Å². The van der Waals surface area contributed by atoms with Gasteiger partial charge >= 0.3 is 0 Å². The summed E-state index contributed by atoms with van der Waals surface area (Å²) >= 11 is 0. The summed E-state index contributed by atoms with van der Waals surface area (Å²) in [5.74, 6) is 0.764. The number of aliphatic hydroxyl groups is 3. The predicted molar refractivity (Wildman–Crippen MR) is 99.9 cm³/mol. The van der Waals surface area contributed by atoms with E-state index in [4.69, 9.17) is 14.0 Å². The molecule has 1 heterocycles. The second kappa shape index (κ2) is 8.30. The molecule has 0 amide bonds. The molecular formula is C20H21NO7. The van der Waals surface area contributed by atoms with Crippen molar-refractivity contribution < 1.29 is 34.4 Å². The fraction of sp³-hybridized carbons (Fsp3) is 0.250. The molecule has 0 saturated carbocycles. The molecule has 0 aliphatic carbocycles. The lowest BCUT2D eigenvalue weighted by atomic mass is 9.97. The SMILES string of the molecule is COc1cc(-c2cc(-c3cc(CO)c(CO)c(CO)c3)on2)cc(OC)c1O. The van der Waals surface area contributed by atoms with Crippen molar-refractivity contribution in [3.8, 4) is 39.8 Å². The molecule has 148 valence electrons. The maximum Gasteiger partial charge on any atom is 0.200 e. The number of benzene rings is 2.